The van der Waals surface area contributed by atoms with Crippen LogP contribution in [-0.4, -0.2) is 0 Å². The Kier molecular flexibility index (Phi) is 2.86. The van der Waals surface area contributed by atoms with Crippen molar-refractivity contribution >= 4 is 11.6 Å². The minimum atomic E-state index is -4.32. The highest BCUT2D eigenvalue weighted by Crippen LogP contribution is 2.33. The highest BCUT2D eigenvalue weighted by molar-refractivity contribution is 6.30. The lowest BCUT2D eigenvalue weighted by atomic mass is 10.1. The summed E-state index contributed by atoms with van der Waals surface area (Å²) >= 11 is 5.55. The van der Waals surface area contributed by atoms with Crippen LogP contribution in [0.5, 0.6) is 0 Å². The van der Waals surface area contributed by atoms with Crippen LogP contribution in [0.3, 0.4) is 0 Å². The molecule has 71 valence electrons. The molecule has 0 N–H and O–H groups in total. The smallest absolute Gasteiger partial charge is 0.166 e. The first kappa shape index (κ1) is 10.4. The largest absolute Gasteiger partial charge is 0.416 e. The molecule has 0 spiro atoms. The van der Waals surface area contributed by atoms with Crippen molar-refractivity contribution in [3.05, 3.63) is 41.3 Å². The van der Waals surface area contributed by atoms with Gasteiger partial charge in [0.05, 0.1) is 5.56 Å². The Morgan fingerprint density at radius 2 is 1.92 bits per heavy atom. The zero-order valence-electron chi connectivity index (χ0n) is 6.66. The topological polar surface area (TPSA) is 0 Å². The Labute approximate surface area is 79.3 Å². The maximum absolute atomic E-state index is 12.3. The Morgan fingerprint density at radius 3 is 2.38 bits per heavy atom. The first-order valence-electron chi connectivity index (χ1n) is 3.60. The average Bonchev–Trinajstić information content (AvgIpc) is 2.01. The fraction of sp³-hybridized carbons (Fsp3) is 0.222. The van der Waals surface area contributed by atoms with Crippen LogP contribution in [0.2, 0.25) is 5.02 Å². The molecular weight excluding hydrogens is 201 g/mol. The molecule has 0 amide bonds. The molecule has 0 atom stereocenters. The van der Waals surface area contributed by atoms with Crippen molar-refractivity contribution in [2.75, 3.05) is 0 Å². The molecule has 0 aliphatic rings. The van der Waals surface area contributed by atoms with E-state index in [-0.39, 0.29) is 12.0 Å². The molecule has 0 saturated carbocycles. The van der Waals surface area contributed by atoms with Crippen molar-refractivity contribution in [3.8, 4) is 0 Å². The van der Waals surface area contributed by atoms with Crippen LogP contribution in [0.15, 0.2) is 18.2 Å². The summed E-state index contributed by atoms with van der Waals surface area (Å²) in [7, 11) is 0. The van der Waals surface area contributed by atoms with Gasteiger partial charge in [0.15, 0.2) is 0 Å². The number of hydrogen-bond acceptors (Lipinski definition) is 0. The van der Waals surface area contributed by atoms with Crippen molar-refractivity contribution in [1.82, 2.24) is 0 Å². The molecule has 0 bridgehead atoms. The molecule has 4 heteroatoms. The highest BCUT2D eigenvalue weighted by Gasteiger charge is 2.32. The zero-order valence-corrected chi connectivity index (χ0v) is 7.41. The molecule has 1 aromatic rings. The molecule has 0 unspecified atom stereocenters. The summed E-state index contributed by atoms with van der Waals surface area (Å²) in [5.74, 6) is 0. The number of alkyl halides is 3. The lowest BCUT2D eigenvalue weighted by Gasteiger charge is -2.11. The van der Waals surface area contributed by atoms with Crippen LogP contribution in [0.1, 0.15) is 11.1 Å². The van der Waals surface area contributed by atoms with E-state index in [4.69, 9.17) is 11.6 Å². The van der Waals surface area contributed by atoms with Crippen molar-refractivity contribution in [1.29, 1.82) is 0 Å². The van der Waals surface area contributed by atoms with E-state index in [0.29, 0.717) is 5.02 Å². The third kappa shape index (κ3) is 2.37. The quantitative estimate of drug-likeness (QED) is 0.658. The number of halogens is 4. The second-order valence-corrected chi connectivity index (χ2v) is 2.99. The summed E-state index contributed by atoms with van der Waals surface area (Å²) < 4.78 is 36.9. The summed E-state index contributed by atoms with van der Waals surface area (Å²) in [5, 5.41) is 0.298. The Hall–Kier alpha value is -0.700. The SMILES string of the molecule is [CH2]Cc1cc(Cl)ccc1C(F)(F)F. The summed E-state index contributed by atoms with van der Waals surface area (Å²) in [6, 6.07) is 3.49. The lowest BCUT2D eigenvalue weighted by Crippen LogP contribution is -2.08. The summed E-state index contributed by atoms with van der Waals surface area (Å²) in [5.41, 5.74) is -0.535. The van der Waals surface area contributed by atoms with Gasteiger partial charge >= 0.3 is 6.18 Å². The van der Waals surface area contributed by atoms with Crippen LogP contribution >= 0.6 is 11.6 Å². The molecule has 0 nitrogen and oxygen atoms in total. The molecule has 1 radical (unpaired) electrons. The van der Waals surface area contributed by atoms with Crippen molar-refractivity contribution < 1.29 is 13.2 Å². The van der Waals surface area contributed by atoms with E-state index in [0.717, 1.165) is 6.07 Å². The molecule has 0 aromatic heterocycles. The molecule has 0 fully saturated rings. The van der Waals surface area contributed by atoms with Gasteiger partial charge in [-0.25, -0.2) is 0 Å². The van der Waals surface area contributed by atoms with Gasteiger partial charge in [-0.2, -0.15) is 13.2 Å². The van der Waals surface area contributed by atoms with Crippen LogP contribution in [-0.2, 0) is 12.6 Å². The lowest BCUT2D eigenvalue weighted by molar-refractivity contribution is -0.138. The van der Waals surface area contributed by atoms with Gasteiger partial charge in [0, 0.05) is 5.02 Å². The van der Waals surface area contributed by atoms with Gasteiger partial charge in [0.1, 0.15) is 0 Å². The maximum Gasteiger partial charge on any atom is 0.416 e. The van der Waals surface area contributed by atoms with E-state index >= 15 is 0 Å². The van der Waals surface area contributed by atoms with E-state index in [2.05, 4.69) is 6.92 Å². The van der Waals surface area contributed by atoms with Crippen LogP contribution in [0.25, 0.3) is 0 Å². The third-order valence-corrected chi connectivity index (χ3v) is 1.88. The van der Waals surface area contributed by atoms with Crippen LogP contribution in [0, 0.1) is 6.92 Å². The molecule has 1 rings (SSSR count). The van der Waals surface area contributed by atoms with Crippen LogP contribution < -0.4 is 0 Å². The minimum absolute atomic E-state index is 0.0788. The fourth-order valence-electron chi connectivity index (χ4n) is 1.05. The Balaban J connectivity index is 3.22. The van der Waals surface area contributed by atoms with Gasteiger partial charge in [-0.1, -0.05) is 11.6 Å². The van der Waals surface area contributed by atoms with Crippen LogP contribution in [0.4, 0.5) is 13.2 Å². The first-order valence-corrected chi connectivity index (χ1v) is 3.98. The Bertz CT molecular complexity index is 304. The molecule has 0 aliphatic heterocycles. The maximum atomic E-state index is 12.3. The first-order chi connectivity index (χ1) is 5.95. The second kappa shape index (κ2) is 3.58. The van der Waals surface area contributed by atoms with Gasteiger partial charge in [-0.05, 0) is 37.1 Å². The predicted molar refractivity (Wildman–Crippen MR) is 45.5 cm³/mol. The summed E-state index contributed by atoms with van der Waals surface area (Å²) in [6.07, 6.45) is -4.24. The van der Waals surface area contributed by atoms with Gasteiger partial charge in [-0.15, -0.1) is 0 Å². The molecule has 1 aromatic carbocycles. The minimum Gasteiger partial charge on any atom is -0.166 e. The Morgan fingerprint density at radius 1 is 1.31 bits per heavy atom. The van der Waals surface area contributed by atoms with E-state index in [1.165, 1.54) is 12.1 Å². The summed E-state index contributed by atoms with van der Waals surface area (Å²) in [6.45, 7) is 3.41. The van der Waals surface area contributed by atoms with Crippen molar-refractivity contribution in [2.24, 2.45) is 0 Å². The third-order valence-electron chi connectivity index (χ3n) is 1.64. The number of rotatable bonds is 1. The van der Waals surface area contributed by atoms with E-state index < -0.39 is 11.7 Å². The molecular formula is C9H7ClF3. The van der Waals surface area contributed by atoms with Gasteiger partial charge in [0.25, 0.3) is 0 Å². The number of hydrogen-bond donors (Lipinski definition) is 0. The molecule has 0 heterocycles. The molecule has 0 saturated heterocycles. The van der Waals surface area contributed by atoms with Gasteiger partial charge in [-0.3, -0.25) is 0 Å². The molecule has 13 heavy (non-hydrogen) atoms. The molecule has 0 aliphatic carbocycles. The summed E-state index contributed by atoms with van der Waals surface area (Å²) in [4.78, 5) is 0. The van der Waals surface area contributed by atoms with E-state index in [9.17, 15) is 13.2 Å². The predicted octanol–water partition coefficient (Wildman–Crippen LogP) is 3.74. The standard InChI is InChI=1S/C9H7ClF3/c1-2-6-5-7(10)3-4-8(6)9(11,12)13/h3-5H,1-2H2. The fourth-order valence-corrected chi connectivity index (χ4v) is 1.24. The highest BCUT2D eigenvalue weighted by atomic mass is 35.5. The average molecular weight is 208 g/mol. The zero-order chi connectivity index (χ0) is 10.1. The van der Waals surface area contributed by atoms with Crippen molar-refractivity contribution in [3.63, 3.8) is 0 Å². The number of benzene rings is 1. The van der Waals surface area contributed by atoms with Gasteiger partial charge in [0.2, 0.25) is 0 Å². The van der Waals surface area contributed by atoms with Crippen molar-refractivity contribution in [2.45, 2.75) is 12.6 Å². The van der Waals surface area contributed by atoms with E-state index in [1.54, 1.807) is 0 Å². The second-order valence-electron chi connectivity index (χ2n) is 2.55. The van der Waals surface area contributed by atoms with E-state index in [1.807, 2.05) is 0 Å². The monoisotopic (exact) mass is 207 g/mol. The normalized spacial score (nSPS) is 11.8. The van der Waals surface area contributed by atoms with Gasteiger partial charge < -0.3 is 0 Å².